The SMILES string of the molecule is O=C(C(O)CO)N1CC2CCc3cc(C(F)(C(F)(F)F)C(F)(F)F)ccc3C2(S(=O)(=O)c2ccc(F)cc2)C1. The number of aryl methyl sites for hydroxylation is 1. The van der Waals surface area contributed by atoms with Crippen LogP contribution in [0.15, 0.2) is 47.4 Å². The van der Waals surface area contributed by atoms with Gasteiger partial charge in [0, 0.05) is 24.6 Å². The molecule has 4 rings (SSSR count). The third-order valence-corrected chi connectivity index (χ3v) is 9.94. The number of halogens is 8. The van der Waals surface area contributed by atoms with Crippen LogP contribution in [0, 0.1) is 11.7 Å². The average Bonchev–Trinajstić information content (AvgIpc) is 3.27. The topological polar surface area (TPSA) is 94.9 Å². The van der Waals surface area contributed by atoms with Crippen LogP contribution < -0.4 is 0 Å². The summed E-state index contributed by atoms with van der Waals surface area (Å²) in [5.74, 6) is -2.79. The van der Waals surface area contributed by atoms with Crippen LogP contribution in [-0.4, -0.2) is 67.6 Å². The first-order chi connectivity index (χ1) is 17.9. The highest BCUT2D eigenvalue weighted by Crippen LogP contribution is 2.56. The van der Waals surface area contributed by atoms with Gasteiger partial charge in [-0.25, -0.2) is 17.2 Å². The zero-order valence-electron chi connectivity index (χ0n) is 19.7. The van der Waals surface area contributed by atoms with E-state index < -0.39 is 80.0 Å². The van der Waals surface area contributed by atoms with Crippen molar-refractivity contribution in [2.24, 2.45) is 5.92 Å². The van der Waals surface area contributed by atoms with E-state index in [1.165, 1.54) is 0 Å². The van der Waals surface area contributed by atoms with E-state index in [0.717, 1.165) is 29.2 Å². The number of amides is 1. The molecule has 1 aliphatic carbocycles. The molecule has 0 spiro atoms. The molecule has 0 aromatic heterocycles. The van der Waals surface area contributed by atoms with E-state index in [4.69, 9.17) is 0 Å². The van der Waals surface area contributed by atoms with Gasteiger partial charge in [0.25, 0.3) is 5.91 Å². The molecule has 0 saturated carbocycles. The number of aliphatic hydroxyl groups is 2. The molecule has 1 amide bonds. The van der Waals surface area contributed by atoms with Crippen LogP contribution in [0.4, 0.5) is 35.1 Å². The fourth-order valence-corrected chi connectivity index (χ4v) is 7.86. The Kier molecular flexibility index (Phi) is 7.04. The molecule has 3 atom stereocenters. The Balaban J connectivity index is 1.95. The highest BCUT2D eigenvalue weighted by molar-refractivity contribution is 7.92. The summed E-state index contributed by atoms with van der Waals surface area (Å²) in [6.07, 6.45) is -15.1. The van der Waals surface area contributed by atoms with Gasteiger partial charge in [-0.3, -0.25) is 4.79 Å². The lowest BCUT2D eigenvalue weighted by molar-refractivity contribution is -0.348. The second-order valence-electron chi connectivity index (χ2n) is 9.53. The van der Waals surface area contributed by atoms with E-state index in [-0.39, 0.29) is 36.6 Å². The van der Waals surface area contributed by atoms with Crippen molar-refractivity contribution in [2.45, 2.75) is 46.6 Å². The van der Waals surface area contributed by atoms with E-state index in [2.05, 4.69) is 0 Å². The largest absolute Gasteiger partial charge is 0.435 e. The summed E-state index contributed by atoms with van der Waals surface area (Å²) in [7, 11) is -4.64. The number of likely N-dealkylation sites (tertiary alicyclic amines) is 1. The van der Waals surface area contributed by atoms with Crippen molar-refractivity contribution in [3.63, 3.8) is 0 Å². The van der Waals surface area contributed by atoms with E-state index >= 15 is 0 Å². The molecule has 2 aliphatic rings. The Morgan fingerprint density at radius 2 is 1.62 bits per heavy atom. The van der Waals surface area contributed by atoms with Gasteiger partial charge in [-0.1, -0.05) is 18.2 Å². The normalized spacial score (nSPS) is 22.8. The van der Waals surface area contributed by atoms with Crippen molar-refractivity contribution in [3.8, 4) is 0 Å². The van der Waals surface area contributed by atoms with Gasteiger partial charge in [0.05, 0.1) is 11.5 Å². The molecule has 15 heteroatoms. The molecule has 0 bridgehead atoms. The van der Waals surface area contributed by atoms with Crippen LogP contribution >= 0.6 is 0 Å². The average molecular weight is 587 g/mol. The Bertz CT molecular complexity index is 1360. The molecule has 39 heavy (non-hydrogen) atoms. The van der Waals surface area contributed by atoms with Gasteiger partial charge in [-0.05, 0) is 48.2 Å². The number of benzene rings is 2. The zero-order valence-corrected chi connectivity index (χ0v) is 20.5. The molecule has 2 aromatic carbocycles. The fraction of sp³-hybridized carbons (Fsp3) is 0.458. The van der Waals surface area contributed by atoms with Crippen molar-refractivity contribution in [1.82, 2.24) is 4.90 Å². The third kappa shape index (κ3) is 4.29. The summed E-state index contributed by atoms with van der Waals surface area (Å²) >= 11 is 0. The van der Waals surface area contributed by atoms with Crippen molar-refractivity contribution >= 4 is 15.7 Å². The molecule has 1 heterocycles. The smallest absolute Gasteiger partial charge is 0.393 e. The molecule has 1 saturated heterocycles. The lowest BCUT2D eigenvalue weighted by atomic mass is 9.75. The Labute approximate surface area is 216 Å². The number of hydrogen-bond acceptors (Lipinski definition) is 5. The maximum Gasteiger partial charge on any atom is 0.435 e. The quantitative estimate of drug-likeness (QED) is 0.413. The minimum Gasteiger partial charge on any atom is -0.393 e. The van der Waals surface area contributed by atoms with Crippen LogP contribution in [-0.2, 0) is 31.5 Å². The molecule has 2 N–H and O–H groups in total. The van der Waals surface area contributed by atoms with Gasteiger partial charge in [-0.2, -0.15) is 26.3 Å². The van der Waals surface area contributed by atoms with E-state index in [1.54, 1.807) is 0 Å². The maximum absolute atomic E-state index is 14.8. The van der Waals surface area contributed by atoms with E-state index in [9.17, 15) is 58.5 Å². The molecule has 2 aromatic rings. The van der Waals surface area contributed by atoms with E-state index in [1.807, 2.05) is 0 Å². The summed E-state index contributed by atoms with van der Waals surface area (Å²) in [6.45, 7) is -1.96. The highest BCUT2D eigenvalue weighted by Gasteiger charge is 2.73. The molecular formula is C24H21F8NO5S. The molecule has 1 aliphatic heterocycles. The van der Waals surface area contributed by atoms with Crippen LogP contribution in [0.25, 0.3) is 0 Å². The molecular weight excluding hydrogens is 566 g/mol. The highest BCUT2D eigenvalue weighted by atomic mass is 32.2. The predicted octanol–water partition coefficient (Wildman–Crippen LogP) is 3.54. The second kappa shape index (κ2) is 9.41. The Morgan fingerprint density at radius 1 is 1.03 bits per heavy atom. The van der Waals surface area contributed by atoms with E-state index in [0.29, 0.717) is 12.1 Å². The number of sulfone groups is 1. The maximum atomic E-state index is 14.8. The monoisotopic (exact) mass is 587 g/mol. The Morgan fingerprint density at radius 3 is 2.15 bits per heavy atom. The molecule has 1 fully saturated rings. The second-order valence-corrected chi connectivity index (χ2v) is 11.7. The summed E-state index contributed by atoms with van der Waals surface area (Å²) in [5.41, 5.74) is -8.07. The number of rotatable bonds is 5. The van der Waals surface area contributed by atoms with Gasteiger partial charge >= 0.3 is 18.0 Å². The van der Waals surface area contributed by atoms with Crippen LogP contribution in [0.2, 0.25) is 0 Å². The van der Waals surface area contributed by atoms with Crippen molar-refractivity contribution in [3.05, 3.63) is 65.0 Å². The Hall–Kier alpha value is -2.78. The molecule has 214 valence electrons. The first kappa shape index (κ1) is 29.2. The van der Waals surface area contributed by atoms with Gasteiger partial charge < -0.3 is 15.1 Å². The number of carbonyl (C=O) groups excluding carboxylic acids is 1. The zero-order chi connectivity index (χ0) is 29.2. The molecule has 6 nitrogen and oxygen atoms in total. The number of carbonyl (C=O) groups is 1. The minimum atomic E-state index is -6.38. The van der Waals surface area contributed by atoms with Crippen molar-refractivity contribution in [2.75, 3.05) is 19.7 Å². The summed E-state index contributed by atoms with van der Waals surface area (Å²) in [6, 6.07) is 4.75. The fourth-order valence-electron chi connectivity index (χ4n) is 5.50. The van der Waals surface area contributed by atoms with Crippen LogP contribution in [0.5, 0.6) is 0 Å². The van der Waals surface area contributed by atoms with Crippen LogP contribution in [0.3, 0.4) is 0 Å². The number of aliphatic hydroxyl groups excluding tert-OH is 2. The lowest BCUT2D eigenvalue weighted by Gasteiger charge is -2.40. The van der Waals surface area contributed by atoms with Crippen LogP contribution in [0.1, 0.15) is 23.1 Å². The number of alkyl halides is 7. The molecule has 0 radical (unpaired) electrons. The van der Waals surface area contributed by atoms with Crippen molar-refractivity contribution < 1.29 is 58.5 Å². The summed E-state index contributed by atoms with van der Waals surface area (Å²) in [4.78, 5) is 13.2. The minimum absolute atomic E-state index is 0.146. The number of nitrogens with zero attached hydrogens (tertiary/aromatic N) is 1. The van der Waals surface area contributed by atoms with Crippen molar-refractivity contribution in [1.29, 1.82) is 0 Å². The number of hydrogen-bond donors (Lipinski definition) is 2. The lowest BCUT2D eigenvalue weighted by Crippen LogP contribution is -2.51. The standard InChI is InChI=1S/C24H21F8NO5S/c25-16-4-6-17(7-5-16)39(37,38)21-12-33(20(36)19(35)11-34)10-15(21)2-1-13-9-14(3-8-18(13)21)22(26,23(27,28)29)24(30,31)32/h3-9,15,19,34-35H,1-2,10-12H2. The van der Waals surface area contributed by atoms with Gasteiger partial charge in [0.1, 0.15) is 10.6 Å². The molecule has 3 unspecified atom stereocenters. The van der Waals surface area contributed by atoms with Gasteiger partial charge in [-0.15, -0.1) is 0 Å². The van der Waals surface area contributed by atoms with Gasteiger partial charge in [0.2, 0.25) is 0 Å². The predicted molar refractivity (Wildman–Crippen MR) is 118 cm³/mol. The third-order valence-electron chi connectivity index (χ3n) is 7.40. The van der Waals surface area contributed by atoms with Gasteiger partial charge in [0.15, 0.2) is 15.9 Å². The first-order valence-corrected chi connectivity index (χ1v) is 12.9. The first-order valence-electron chi connectivity index (χ1n) is 11.5. The summed E-state index contributed by atoms with van der Waals surface area (Å²) < 4.78 is 135. The number of fused-ring (bicyclic) bond motifs is 3. The summed E-state index contributed by atoms with van der Waals surface area (Å²) in [5, 5.41) is 19.0.